The molecule has 0 amide bonds. The molecule has 0 spiro atoms. The van der Waals surface area contributed by atoms with Gasteiger partial charge in [0.05, 0.1) is 10.6 Å². The number of fused-ring (bicyclic) bond motifs is 1. The number of benzene rings is 2. The summed E-state index contributed by atoms with van der Waals surface area (Å²) in [6.45, 7) is 4.07. The van der Waals surface area contributed by atoms with Crippen molar-refractivity contribution in [2.75, 3.05) is 5.73 Å². The molecule has 2 aromatic carbocycles. The van der Waals surface area contributed by atoms with Crippen molar-refractivity contribution in [1.29, 1.82) is 0 Å². The number of oxazole rings is 1. The maximum Gasteiger partial charge on any atom is 0.228 e. The summed E-state index contributed by atoms with van der Waals surface area (Å²) in [5.41, 5.74) is 11.0. The Morgan fingerprint density at radius 1 is 1.16 bits per heavy atom. The first-order valence-corrected chi connectivity index (χ1v) is 6.36. The molecule has 19 heavy (non-hydrogen) atoms. The Balaban J connectivity index is 2.23. The zero-order valence-electron chi connectivity index (χ0n) is 10.7. The van der Waals surface area contributed by atoms with Gasteiger partial charge in [-0.15, -0.1) is 0 Å². The van der Waals surface area contributed by atoms with Crippen molar-refractivity contribution < 1.29 is 4.42 Å². The summed E-state index contributed by atoms with van der Waals surface area (Å²) in [6.07, 6.45) is 0. The molecule has 4 heteroatoms. The van der Waals surface area contributed by atoms with Crippen LogP contribution in [0.2, 0.25) is 5.02 Å². The van der Waals surface area contributed by atoms with E-state index in [1.165, 1.54) is 5.56 Å². The van der Waals surface area contributed by atoms with Gasteiger partial charge in [-0.2, -0.15) is 0 Å². The van der Waals surface area contributed by atoms with E-state index >= 15 is 0 Å². The lowest BCUT2D eigenvalue weighted by Gasteiger charge is -2.00. The zero-order chi connectivity index (χ0) is 13.6. The molecule has 0 aliphatic rings. The van der Waals surface area contributed by atoms with Gasteiger partial charge in [-0.25, -0.2) is 4.98 Å². The molecule has 1 heterocycles. The number of nitrogen functional groups attached to an aromatic ring is 1. The lowest BCUT2D eigenvalue weighted by atomic mass is 10.1. The maximum absolute atomic E-state index is 6.18. The molecule has 2 N–H and O–H groups in total. The molecule has 0 bridgehead atoms. The van der Waals surface area contributed by atoms with Crippen LogP contribution >= 0.6 is 11.6 Å². The third kappa shape index (κ3) is 1.96. The van der Waals surface area contributed by atoms with Gasteiger partial charge in [0.1, 0.15) is 5.52 Å². The van der Waals surface area contributed by atoms with Gasteiger partial charge in [0.2, 0.25) is 5.89 Å². The number of nitrogens with two attached hydrogens (primary N) is 1. The number of hydrogen-bond acceptors (Lipinski definition) is 3. The fourth-order valence-corrected chi connectivity index (χ4v) is 2.31. The van der Waals surface area contributed by atoms with Crippen molar-refractivity contribution in [1.82, 2.24) is 4.98 Å². The average molecular weight is 273 g/mol. The van der Waals surface area contributed by atoms with Crippen LogP contribution in [0.5, 0.6) is 0 Å². The summed E-state index contributed by atoms with van der Waals surface area (Å²) in [5, 5.41) is 0.543. The fraction of sp³-hybridized carbons (Fsp3) is 0.133. The van der Waals surface area contributed by atoms with E-state index in [0.29, 0.717) is 16.6 Å². The summed E-state index contributed by atoms with van der Waals surface area (Å²) >= 11 is 6.18. The van der Waals surface area contributed by atoms with E-state index in [4.69, 9.17) is 21.8 Å². The number of aromatic nitrogens is 1. The molecule has 0 fully saturated rings. The molecule has 0 saturated carbocycles. The molecule has 3 nitrogen and oxygen atoms in total. The van der Waals surface area contributed by atoms with E-state index in [1.54, 1.807) is 12.1 Å². The van der Waals surface area contributed by atoms with Crippen LogP contribution in [0.15, 0.2) is 34.7 Å². The van der Waals surface area contributed by atoms with E-state index in [0.717, 1.165) is 22.2 Å². The predicted molar refractivity (Wildman–Crippen MR) is 78.3 cm³/mol. The zero-order valence-corrected chi connectivity index (χ0v) is 11.5. The summed E-state index contributed by atoms with van der Waals surface area (Å²) in [5.74, 6) is 0.522. The van der Waals surface area contributed by atoms with E-state index in [1.807, 2.05) is 32.0 Å². The van der Waals surface area contributed by atoms with Gasteiger partial charge in [-0.1, -0.05) is 17.7 Å². The van der Waals surface area contributed by atoms with Crippen molar-refractivity contribution in [3.63, 3.8) is 0 Å². The van der Waals surface area contributed by atoms with Crippen molar-refractivity contribution in [2.45, 2.75) is 13.8 Å². The lowest BCUT2D eigenvalue weighted by molar-refractivity contribution is 0.617. The minimum Gasteiger partial charge on any atom is -0.436 e. The first-order valence-electron chi connectivity index (χ1n) is 5.98. The minimum absolute atomic E-state index is 0.522. The smallest absolute Gasteiger partial charge is 0.228 e. The Morgan fingerprint density at radius 2 is 1.95 bits per heavy atom. The van der Waals surface area contributed by atoms with Gasteiger partial charge in [0.25, 0.3) is 0 Å². The Labute approximate surface area is 116 Å². The first-order chi connectivity index (χ1) is 9.06. The second-order valence-corrected chi connectivity index (χ2v) is 5.02. The van der Waals surface area contributed by atoms with Gasteiger partial charge in [-0.05, 0) is 49.2 Å². The highest BCUT2D eigenvalue weighted by Crippen LogP contribution is 2.32. The highest BCUT2D eigenvalue weighted by Gasteiger charge is 2.13. The number of nitrogens with zero attached hydrogens (tertiary/aromatic N) is 1. The molecule has 0 aliphatic heterocycles. The fourth-order valence-electron chi connectivity index (χ4n) is 2.04. The van der Waals surface area contributed by atoms with Gasteiger partial charge in [-0.3, -0.25) is 0 Å². The van der Waals surface area contributed by atoms with Gasteiger partial charge in [0.15, 0.2) is 5.58 Å². The monoisotopic (exact) mass is 272 g/mol. The molecular formula is C15H13ClN2O. The van der Waals surface area contributed by atoms with Crippen molar-refractivity contribution in [2.24, 2.45) is 0 Å². The van der Waals surface area contributed by atoms with Crippen LogP contribution < -0.4 is 5.73 Å². The minimum atomic E-state index is 0.522. The molecule has 0 radical (unpaired) electrons. The molecule has 3 aromatic rings. The predicted octanol–water partition coefficient (Wildman–Crippen LogP) is 4.35. The first kappa shape index (κ1) is 12.1. The van der Waals surface area contributed by atoms with Crippen molar-refractivity contribution in [3.05, 3.63) is 46.5 Å². The quantitative estimate of drug-likeness (QED) is 0.670. The molecule has 96 valence electrons. The van der Waals surface area contributed by atoms with Crippen LogP contribution in [0, 0.1) is 13.8 Å². The average Bonchev–Trinajstić information content (AvgIpc) is 2.78. The highest BCUT2D eigenvalue weighted by atomic mass is 35.5. The van der Waals surface area contributed by atoms with Crippen molar-refractivity contribution in [3.8, 4) is 11.5 Å². The number of aryl methyl sites for hydroxylation is 2. The normalized spacial score (nSPS) is 11.1. The third-order valence-corrected chi connectivity index (χ3v) is 3.61. The molecule has 3 rings (SSSR count). The summed E-state index contributed by atoms with van der Waals surface area (Å²) in [7, 11) is 0. The molecule has 0 aliphatic carbocycles. The molecular weight excluding hydrogens is 260 g/mol. The number of rotatable bonds is 1. The van der Waals surface area contributed by atoms with E-state index in [2.05, 4.69) is 4.98 Å². The van der Waals surface area contributed by atoms with E-state index in [9.17, 15) is 0 Å². The Hall–Kier alpha value is -2.00. The summed E-state index contributed by atoms with van der Waals surface area (Å²) in [6, 6.07) is 9.30. The number of anilines is 1. The second-order valence-electron chi connectivity index (χ2n) is 4.61. The Bertz CT molecular complexity index is 777. The van der Waals surface area contributed by atoms with Crippen molar-refractivity contribution >= 4 is 28.4 Å². The molecule has 0 atom stereocenters. The van der Waals surface area contributed by atoms with E-state index < -0.39 is 0 Å². The third-order valence-electron chi connectivity index (χ3n) is 3.30. The van der Waals surface area contributed by atoms with Gasteiger partial charge >= 0.3 is 0 Å². The van der Waals surface area contributed by atoms with Gasteiger partial charge < -0.3 is 10.2 Å². The van der Waals surface area contributed by atoms with Crippen LogP contribution in [0.4, 0.5) is 5.69 Å². The topological polar surface area (TPSA) is 52.0 Å². The molecule has 0 saturated heterocycles. The number of hydrogen-bond donors (Lipinski definition) is 1. The van der Waals surface area contributed by atoms with E-state index in [-0.39, 0.29) is 0 Å². The summed E-state index contributed by atoms with van der Waals surface area (Å²) in [4.78, 5) is 4.48. The SMILES string of the molecule is Cc1ccc2nc(-c3ccc(N)cc3Cl)oc2c1C. The Kier molecular flexibility index (Phi) is 2.72. The summed E-state index contributed by atoms with van der Waals surface area (Å²) < 4.78 is 5.85. The standard InChI is InChI=1S/C15H13ClN2O/c1-8-3-6-13-14(9(8)2)19-15(18-13)11-5-4-10(17)7-12(11)16/h3-7H,17H2,1-2H3. The largest absolute Gasteiger partial charge is 0.436 e. The van der Waals surface area contributed by atoms with Crippen LogP contribution in [-0.4, -0.2) is 4.98 Å². The van der Waals surface area contributed by atoms with Gasteiger partial charge in [0, 0.05) is 5.69 Å². The van der Waals surface area contributed by atoms with Crippen LogP contribution in [0.3, 0.4) is 0 Å². The maximum atomic E-state index is 6.18. The molecule has 1 aromatic heterocycles. The Morgan fingerprint density at radius 3 is 2.68 bits per heavy atom. The van der Waals surface area contributed by atoms with Crippen LogP contribution in [0.1, 0.15) is 11.1 Å². The molecule has 0 unspecified atom stereocenters. The van der Waals surface area contributed by atoms with Crippen LogP contribution in [-0.2, 0) is 0 Å². The van der Waals surface area contributed by atoms with Crippen LogP contribution in [0.25, 0.3) is 22.6 Å². The number of halogens is 1. The highest BCUT2D eigenvalue weighted by molar-refractivity contribution is 6.33. The lowest BCUT2D eigenvalue weighted by Crippen LogP contribution is -1.85. The second kappa shape index (κ2) is 4.28.